The zero-order valence-corrected chi connectivity index (χ0v) is 24.8. The zero-order chi connectivity index (χ0) is 28.5. The topological polar surface area (TPSA) is 69.3 Å². The van der Waals surface area contributed by atoms with Crippen molar-refractivity contribution < 1.29 is 14.3 Å². The highest BCUT2D eigenvalue weighted by Crippen LogP contribution is 2.33. The second-order valence-electron chi connectivity index (χ2n) is 9.83. The molecule has 0 saturated carbocycles. The summed E-state index contributed by atoms with van der Waals surface area (Å²) in [6, 6.07) is 19.3. The summed E-state index contributed by atoms with van der Waals surface area (Å²) >= 11 is 12.6. The van der Waals surface area contributed by atoms with Crippen LogP contribution in [0.25, 0.3) is 0 Å². The van der Waals surface area contributed by atoms with E-state index in [4.69, 9.17) is 32.7 Å². The van der Waals surface area contributed by atoms with Gasteiger partial charge in [-0.25, -0.2) is 4.79 Å². The van der Waals surface area contributed by atoms with Crippen molar-refractivity contribution in [3.05, 3.63) is 81.8 Å². The van der Waals surface area contributed by atoms with Crippen molar-refractivity contribution >= 4 is 40.6 Å². The molecular formula is C30H37Cl2N5O3. The Bertz CT molecular complexity index is 1260. The molecule has 3 aromatic carbocycles. The molecule has 1 aliphatic heterocycles. The van der Waals surface area contributed by atoms with E-state index >= 15 is 0 Å². The second kappa shape index (κ2) is 14.3. The Labute approximate surface area is 246 Å². The molecule has 8 nitrogen and oxygen atoms in total. The quantitative estimate of drug-likeness (QED) is 0.319. The number of nitrogens with one attached hydrogen (secondary N) is 2. The van der Waals surface area contributed by atoms with E-state index in [2.05, 4.69) is 20.4 Å². The van der Waals surface area contributed by atoms with E-state index in [9.17, 15) is 4.79 Å². The maximum atomic E-state index is 12.3. The Morgan fingerprint density at radius 3 is 2.25 bits per heavy atom. The highest BCUT2D eigenvalue weighted by molar-refractivity contribution is 6.43. The molecule has 2 N–H and O–H groups in total. The minimum absolute atomic E-state index is 0.228. The van der Waals surface area contributed by atoms with Crippen LogP contribution >= 0.6 is 23.2 Å². The van der Waals surface area contributed by atoms with E-state index in [-0.39, 0.29) is 6.03 Å². The Morgan fingerprint density at radius 2 is 1.57 bits per heavy atom. The zero-order valence-electron chi connectivity index (χ0n) is 23.3. The number of carbonyl (C=O) groups excluding carboxylic acids is 1. The van der Waals surface area contributed by atoms with Gasteiger partial charge in [-0.3, -0.25) is 4.90 Å². The molecule has 2 amide bonds. The van der Waals surface area contributed by atoms with E-state index in [1.165, 1.54) is 0 Å². The fraction of sp³-hybridized carbons (Fsp3) is 0.367. The van der Waals surface area contributed by atoms with Crippen molar-refractivity contribution in [1.82, 2.24) is 15.5 Å². The third-order valence-electron chi connectivity index (χ3n) is 6.90. The second-order valence-corrected chi connectivity index (χ2v) is 10.6. The molecule has 3 aromatic rings. The van der Waals surface area contributed by atoms with Gasteiger partial charge < -0.3 is 29.9 Å². The molecule has 214 valence electrons. The number of anilines is 2. The first-order valence-electron chi connectivity index (χ1n) is 13.3. The molecule has 4 rings (SSSR count). The number of piperazine rings is 1. The van der Waals surface area contributed by atoms with Gasteiger partial charge in [0.2, 0.25) is 0 Å². The van der Waals surface area contributed by atoms with Gasteiger partial charge in [-0.1, -0.05) is 47.5 Å². The summed E-state index contributed by atoms with van der Waals surface area (Å²) in [5.74, 6) is 1.32. The molecule has 0 aliphatic carbocycles. The normalized spacial score (nSPS) is 13.6. The lowest BCUT2D eigenvalue weighted by Gasteiger charge is -2.36. The fourth-order valence-corrected chi connectivity index (χ4v) is 4.93. The van der Waals surface area contributed by atoms with Crippen LogP contribution < -0.4 is 29.9 Å². The molecule has 0 atom stereocenters. The number of benzene rings is 3. The van der Waals surface area contributed by atoms with Crippen LogP contribution in [-0.4, -0.2) is 71.5 Å². The summed E-state index contributed by atoms with van der Waals surface area (Å²) in [6.45, 7) is 5.77. The largest absolute Gasteiger partial charge is 0.493 e. The molecule has 1 aliphatic rings. The first-order valence-corrected chi connectivity index (χ1v) is 14.1. The predicted molar refractivity (Wildman–Crippen MR) is 163 cm³/mol. The summed E-state index contributed by atoms with van der Waals surface area (Å²) in [6.07, 6.45) is 0. The van der Waals surface area contributed by atoms with Crippen LogP contribution in [-0.2, 0) is 13.1 Å². The average Bonchev–Trinajstić information content (AvgIpc) is 2.97. The number of hydrogen-bond donors (Lipinski definition) is 2. The molecular weight excluding hydrogens is 549 g/mol. The molecule has 0 unspecified atom stereocenters. The van der Waals surface area contributed by atoms with Gasteiger partial charge in [0.15, 0.2) is 11.5 Å². The molecule has 1 fully saturated rings. The predicted octanol–water partition coefficient (Wildman–Crippen LogP) is 5.27. The van der Waals surface area contributed by atoms with Crippen molar-refractivity contribution in [2.75, 3.05) is 70.3 Å². The van der Waals surface area contributed by atoms with Crippen molar-refractivity contribution in [2.45, 2.75) is 13.1 Å². The Morgan fingerprint density at radius 1 is 0.900 bits per heavy atom. The van der Waals surface area contributed by atoms with Crippen molar-refractivity contribution in [3.8, 4) is 11.5 Å². The SMILES string of the molecule is COc1cc(CNC(=O)NCc2ccc(N(C)C)cc2)ccc1OCCN1CCN(c2cccc(Cl)c2Cl)CC1. The van der Waals surface area contributed by atoms with Gasteiger partial charge in [-0.2, -0.15) is 0 Å². The monoisotopic (exact) mass is 585 g/mol. The molecule has 1 saturated heterocycles. The number of hydrogen-bond acceptors (Lipinski definition) is 6. The van der Waals surface area contributed by atoms with E-state index in [0.717, 1.165) is 55.2 Å². The van der Waals surface area contributed by atoms with Gasteiger partial charge in [0.25, 0.3) is 0 Å². The van der Waals surface area contributed by atoms with Crippen molar-refractivity contribution in [1.29, 1.82) is 0 Å². The number of carbonyl (C=O) groups is 1. The van der Waals surface area contributed by atoms with Gasteiger partial charge in [-0.15, -0.1) is 0 Å². The summed E-state index contributed by atoms with van der Waals surface area (Å²) < 4.78 is 11.6. The third-order valence-corrected chi connectivity index (χ3v) is 7.71. The number of amides is 2. The third kappa shape index (κ3) is 8.10. The number of halogens is 2. The summed E-state index contributed by atoms with van der Waals surface area (Å²) in [5.41, 5.74) is 4.06. The summed E-state index contributed by atoms with van der Waals surface area (Å²) in [7, 11) is 5.62. The maximum absolute atomic E-state index is 12.3. The lowest BCUT2D eigenvalue weighted by Crippen LogP contribution is -2.47. The Balaban J connectivity index is 1.18. The first kappa shape index (κ1) is 29.6. The summed E-state index contributed by atoms with van der Waals surface area (Å²) in [4.78, 5) is 19.0. The summed E-state index contributed by atoms with van der Waals surface area (Å²) in [5, 5.41) is 6.98. The van der Waals surface area contributed by atoms with Crippen molar-refractivity contribution in [2.24, 2.45) is 0 Å². The minimum Gasteiger partial charge on any atom is -0.493 e. The molecule has 0 bridgehead atoms. The Hall–Kier alpha value is -3.33. The van der Waals surface area contributed by atoms with Crippen LogP contribution in [0.4, 0.5) is 16.2 Å². The van der Waals surface area contributed by atoms with Crippen molar-refractivity contribution in [3.63, 3.8) is 0 Å². The molecule has 0 radical (unpaired) electrons. The van der Waals surface area contributed by atoms with Gasteiger partial charge >= 0.3 is 6.03 Å². The van der Waals surface area contributed by atoms with E-state index in [0.29, 0.717) is 41.2 Å². The van der Waals surface area contributed by atoms with Crippen LogP contribution in [0.15, 0.2) is 60.7 Å². The van der Waals surface area contributed by atoms with E-state index in [1.54, 1.807) is 7.11 Å². The molecule has 40 heavy (non-hydrogen) atoms. The molecule has 0 spiro atoms. The highest BCUT2D eigenvalue weighted by Gasteiger charge is 2.20. The average molecular weight is 587 g/mol. The molecule has 0 aromatic heterocycles. The number of ether oxygens (including phenoxy) is 2. The van der Waals surface area contributed by atoms with Crippen LogP contribution in [0, 0.1) is 0 Å². The van der Waals surface area contributed by atoms with Crippen LogP contribution in [0.3, 0.4) is 0 Å². The molecule has 10 heteroatoms. The Kier molecular flexibility index (Phi) is 10.6. The number of urea groups is 1. The van der Waals surface area contributed by atoms with Crippen LogP contribution in [0.2, 0.25) is 10.0 Å². The van der Waals surface area contributed by atoms with E-state index < -0.39 is 0 Å². The first-order chi connectivity index (χ1) is 19.3. The van der Waals surface area contributed by atoms with Gasteiger partial charge in [0.1, 0.15) is 6.61 Å². The fourth-order valence-electron chi connectivity index (χ4n) is 4.51. The van der Waals surface area contributed by atoms with E-state index in [1.807, 2.05) is 79.7 Å². The lowest BCUT2D eigenvalue weighted by molar-refractivity contribution is 0.197. The standard InChI is InChI=1S/C30H37Cl2N5O3/c1-35(2)24-10-7-22(8-11-24)20-33-30(38)34-21-23-9-12-27(28(19-23)39-3)40-18-17-36-13-15-37(16-14-36)26-6-4-5-25(31)29(26)32/h4-12,19H,13-18,20-21H2,1-3H3,(H2,33,34,38). The van der Waals surface area contributed by atoms with Crippen LogP contribution in [0.1, 0.15) is 11.1 Å². The lowest BCUT2D eigenvalue weighted by atomic mass is 10.2. The number of rotatable bonds is 11. The van der Waals surface area contributed by atoms with Gasteiger partial charge in [0.05, 0.1) is 22.8 Å². The number of methoxy groups -OCH3 is 1. The van der Waals surface area contributed by atoms with Gasteiger partial charge in [-0.05, 0) is 47.5 Å². The van der Waals surface area contributed by atoms with Gasteiger partial charge in [0, 0.05) is 65.6 Å². The van der Waals surface area contributed by atoms with Crippen LogP contribution in [0.5, 0.6) is 11.5 Å². The highest BCUT2D eigenvalue weighted by atomic mass is 35.5. The maximum Gasteiger partial charge on any atom is 0.315 e. The smallest absolute Gasteiger partial charge is 0.315 e. The number of nitrogens with zero attached hydrogens (tertiary/aromatic N) is 3. The minimum atomic E-state index is -0.228. The molecule has 1 heterocycles.